The van der Waals surface area contributed by atoms with E-state index >= 15 is 0 Å². The Kier molecular flexibility index (Phi) is 2.66. The number of carbonyl (C=O) groups excluding carboxylic acids is 1. The van der Waals surface area contributed by atoms with E-state index in [4.69, 9.17) is 16.1 Å². The molecule has 0 aliphatic carbocycles. The van der Waals surface area contributed by atoms with Gasteiger partial charge in [-0.2, -0.15) is 0 Å². The fraction of sp³-hybridized carbons (Fsp3) is 0.0909. The van der Waals surface area contributed by atoms with Gasteiger partial charge in [0.05, 0.1) is 0 Å². The van der Waals surface area contributed by atoms with Crippen LogP contribution in [-0.2, 0) is 7.05 Å². The number of hydrogen-bond acceptors (Lipinski definition) is 3. The third-order valence-corrected chi connectivity index (χ3v) is 2.41. The summed E-state index contributed by atoms with van der Waals surface area (Å²) in [5.41, 5.74) is 0.252. The van der Waals surface area contributed by atoms with Crippen molar-refractivity contribution >= 4 is 16.8 Å². The molecule has 0 aliphatic heterocycles. The van der Waals surface area contributed by atoms with Crippen LogP contribution in [0, 0.1) is 0 Å². The van der Waals surface area contributed by atoms with Gasteiger partial charge in [-0.3, -0.25) is 4.79 Å². The maximum absolute atomic E-state index is 11.4. The molecule has 5 heteroatoms. The van der Waals surface area contributed by atoms with Crippen LogP contribution in [0.4, 0.5) is 0 Å². The Balaban J connectivity index is 2.75. The molecule has 0 atom stereocenters. The van der Waals surface area contributed by atoms with Gasteiger partial charge in [0.15, 0.2) is 0 Å². The van der Waals surface area contributed by atoms with Gasteiger partial charge in [-0.15, -0.1) is 0 Å². The number of carbonyl (C=O) groups is 1. The first-order chi connectivity index (χ1) is 7.61. The van der Waals surface area contributed by atoms with Crippen LogP contribution in [0.3, 0.4) is 0 Å². The topological polar surface area (TPSA) is 52.2 Å². The molecule has 0 N–H and O–H groups in total. The van der Waals surface area contributed by atoms with Crippen molar-refractivity contribution in [2.45, 2.75) is 0 Å². The summed E-state index contributed by atoms with van der Waals surface area (Å²) in [5.74, 6) is 0. The number of rotatable bonds is 2. The van der Waals surface area contributed by atoms with Crippen molar-refractivity contribution < 1.29 is 9.32 Å². The van der Waals surface area contributed by atoms with Crippen LogP contribution in [0.1, 0.15) is 10.4 Å². The first-order valence-corrected chi connectivity index (χ1v) is 4.94. The molecule has 16 heavy (non-hydrogen) atoms. The molecule has 0 spiro atoms. The highest BCUT2D eigenvalue weighted by molar-refractivity contribution is 6.68. The molecule has 1 aromatic carbocycles. The van der Waals surface area contributed by atoms with Crippen molar-refractivity contribution in [3.63, 3.8) is 0 Å². The number of nitrogens with zero attached hydrogens (tertiary/aromatic N) is 1. The zero-order valence-electron chi connectivity index (χ0n) is 8.44. The van der Waals surface area contributed by atoms with E-state index < -0.39 is 10.9 Å². The van der Waals surface area contributed by atoms with Crippen LogP contribution >= 0.6 is 11.6 Å². The monoisotopic (exact) mass is 237 g/mol. The second-order valence-corrected chi connectivity index (χ2v) is 3.58. The molecule has 0 saturated carbocycles. The molecule has 0 unspecified atom stereocenters. The van der Waals surface area contributed by atoms with Gasteiger partial charge in [0.2, 0.25) is 0 Å². The quantitative estimate of drug-likeness (QED) is 0.751. The summed E-state index contributed by atoms with van der Waals surface area (Å²) in [5, 5.41) is -0.812. The highest BCUT2D eigenvalue weighted by atomic mass is 35.5. The van der Waals surface area contributed by atoms with Crippen molar-refractivity contribution in [2.75, 3.05) is 0 Å². The van der Waals surface area contributed by atoms with E-state index in [1.165, 1.54) is 4.74 Å². The fourth-order valence-electron chi connectivity index (χ4n) is 1.57. The van der Waals surface area contributed by atoms with E-state index in [9.17, 15) is 9.59 Å². The highest BCUT2D eigenvalue weighted by Gasteiger charge is 2.21. The second-order valence-electron chi connectivity index (χ2n) is 3.24. The van der Waals surface area contributed by atoms with Crippen LogP contribution < -0.4 is 5.63 Å². The van der Waals surface area contributed by atoms with Crippen LogP contribution in [0.5, 0.6) is 0 Å². The summed E-state index contributed by atoms with van der Waals surface area (Å²) in [7, 11) is 1.55. The van der Waals surface area contributed by atoms with E-state index in [0.717, 1.165) is 0 Å². The lowest BCUT2D eigenvalue weighted by molar-refractivity contribution is 0.108. The predicted octanol–water partition coefficient (Wildman–Crippen LogP) is 2.02. The van der Waals surface area contributed by atoms with Gasteiger partial charge < -0.3 is 4.52 Å². The van der Waals surface area contributed by atoms with Crippen molar-refractivity contribution in [3.8, 4) is 11.3 Å². The standard InChI is InChI=1S/C11H8ClNO3/c1-13-9(7-5-3-2-4-6-7)8(10(12)14)11(15)16-13/h2-6H,1H3. The van der Waals surface area contributed by atoms with E-state index in [2.05, 4.69) is 0 Å². The van der Waals surface area contributed by atoms with Crippen molar-refractivity contribution in [1.29, 1.82) is 0 Å². The molecule has 4 nitrogen and oxygen atoms in total. The molecule has 0 amide bonds. The average Bonchev–Trinajstić information content (AvgIpc) is 2.55. The minimum Gasteiger partial charge on any atom is -0.335 e. The van der Waals surface area contributed by atoms with Gasteiger partial charge >= 0.3 is 5.63 Å². The average molecular weight is 238 g/mol. The Morgan fingerprint density at radius 1 is 1.31 bits per heavy atom. The largest absolute Gasteiger partial charge is 0.370 e. The van der Waals surface area contributed by atoms with Gasteiger partial charge in [0.25, 0.3) is 5.24 Å². The van der Waals surface area contributed by atoms with Gasteiger partial charge in [-0.1, -0.05) is 30.3 Å². The lowest BCUT2D eigenvalue weighted by Gasteiger charge is -2.01. The minimum absolute atomic E-state index is 0.129. The Bertz CT molecular complexity index is 583. The molecular weight excluding hydrogens is 230 g/mol. The molecule has 2 aromatic rings. The molecule has 82 valence electrons. The summed E-state index contributed by atoms with van der Waals surface area (Å²) in [4.78, 5) is 22.5. The fourth-order valence-corrected chi connectivity index (χ4v) is 1.73. The highest BCUT2D eigenvalue weighted by Crippen LogP contribution is 2.22. The van der Waals surface area contributed by atoms with Crippen molar-refractivity contribution in [2.24, 2.45) is 7.05 Å². The van der Waals surface area contributed by atoms with Crippen molar-refractivity contribution in [1.82, 2.24) is 4.74 Å². The SMILES string of the molecule is Cn1oc(=O)c(C(=O)Cl)c1-c1ccccc1. The van der Waals surface area contributed by atoms with Crippen molar-refractivity contribution in [3.05, 3.63) is 46.3 Å². The molecule has 0 radical (unpaired) electrons. The van der Waals surface area contributed by atoms with Gasteiger partial charge in [-0.05, 0) is 11.6 Å². The summed E-state index contributed by atoms with van der Waals surface area (Å²) < 4.78 is 6.06. The number of aromatic nitrogens is 1. The number of halogens is 1. The van der Waals surface area contributed by atoms with Crippen LogP contribution in [0.15, 0.2) is 39.6 Å². The molecular formula is C11H8ClNO3. The number of aryl methyl sites for hydroxylation is 1. The maximum Gasteiger partial charge on any atom is 0.370 e. The molecule has 2 rings (SSSR count). The summed E-state index contributed by atoms with van der Waals surface area (Å²) in [6.07, 6.45) is 0. The first kappa shape index (κ1) is 10.7. The van der Waals surface area contributed by atoms with E-state index in [0.29, 0.717) is 11.3 Å². The molecule has 0 saturated heterocycles. The van der Waals surface area contributed by atoms with Crippen LogP contribution in [0.25, 0.3) is 11.3 Å². The smallest absolute Gasteiger partial charge is 0.335 e. The van der Waals surface area contributed by atoms with Crippen LogP contribution in [-0.4, -0.2) is 9.98 Å². The third-order valence-electron chi connectivity index (χ3n) is 2.22. The van der Waals surface area contributed by atoms with E-state index in [1.54, 1.807) is 31.3 Å². The van der Waals surface area contributed by atoms with Gasteiger partial charge in [0, 0.05) is 12.6 Å². The predicted molar refractivity (Wildman–Crippen MR) is 59.6 cm³/mol. The molecule has 0 bridgehead atoms. The lowest BCUT2D eigenvalue weighted by Crippen LogP contribution is -2.05. The summed E-state index contributed by atoms with van der Waals surface area (Å²) in [6, 6.07) is 8.98. The lowest BCUT2D eigenvalue weighted by atomic mass is 10.1. The Morgan fingerprint density at radius 3 is 2.50 bits per heavy atom. The third kappa shape index (κ3) is 1.67. The van der Waals surface area contributed by atoms with Gasteiger partial charge in [0.1, 0.15) is 11.3 Å². The Morgan fingerprint density at radius 2 is 1.94 bits per heavy atom. The molecule has 1 aromatic heterocycles. The zero-order valence-corrected chi connectivity index (χ0v) is 9.19. The summed E-state index contributed by atoms with van der Waals surface area (Å²) >= 11 is 5.36. The molecule has 0 fully saturated rings. The second kappa shape index (κ2) is 3.98. The normalized spacial score (nSPS) is 10.4. The minimum atomic E-state index is -0.812. The van der Waals surface area contributed by atoms with Crippen LogP contribution in [0.2, 0.25) is 0 Å². The Hall–Kier alpha value is -1.81. The molecule has 0 aliphatic rings. The summed E-state index contributed by atoms with van der Waals surface area (Å²) in [6.45, 7) is 0. The van der Waals surface area contributed by atoms with E-state index in [-0.39, 0.29) is 5.56 Å². The Labute approximate surface area is 96.0 Å². The number of hydrogen-bond donors (Lipinski definition) is 0. The number of benzene rings is 1. The van der Waals surface area contributed by atoms with Gasteiger partial charge in [-0.25, -0.2) is 9.53 Å². The maximum atomic E-state index is 11.4. The van der Waals surface area contributed by atoms with E-state index in [1.807, 2.05) is 6.07 Å². The molecule has 1 heterocycles. The first-order valence-electron chi connectivity index (χ1n) is 4.57. The zero-order chi connectivity index (χ0) is 11.7.